The molecule has 3 nitrogen and oxygen atoms in total. The van der Waals surface area contributed by atoms with Crippen molar-refractivity contribution in [2.75, 3.05) is 6.54 Å². The van der Waals surface area contributed by atoms with Crippen molar-refractivity contribution >= 4 is 10.9 Å². The highest BCUT2D eigenvalue weighted by Crippen LogP contribution is 2.21. The Bertz CT molecular complexity index is 958. The lowest BCUT2D eigenvalue weighted by atomic mass is 10.1. The third-order valence-electron chi connectivity index (χ3n) is 4.48. The van der Waals surface area contributed by atoms with E-state index in [9.17, 15) is 0 Å². The van der Waals surface area contributed by atoms with Crippen LogP contribution in [0.3, 0.4) is 0 Å². The summed E-state index contributed by atoms with van der Waals surface area (Å²) in [6.45, 7) is 1.80. The number of aromatic nitrogens is 1. The minimum atomic E-state index is 0.855. The number of aromatic amines is 1. The molecule has 2 N–H and O–H groups in total. The van der Waals surface area contributed by atoms with Gasteiger partial charge >= 0.3 is 0 Å². The van der Waals surface area contributed by atoms with Gasteiger partial charge in [0, 0.05) is 23.6 Å². The molecule has 4 rings (SSSR count). The molecule has 0 atom stereocenters. The largest absolute Gasteiger partial charge is 0.457 e. The standard InChI is InChI=1S/C23H22N2O/c1-2-6-20(7-3-1)26-21-12-10-18(11-13-21)16-24-15-14-19-17-25-23-9-5-4-8-22(19)23/h1-13,17,24-25H,14-16H2. The Morgan fingerprint density at radius 3 is 2.35 bits per heavy atom. The summed E-state index contributed by atoms with van der Waals surface area (Å²) in [4.78, 5) is 3.33. The van der Waals surface area contributed by atoms with E-state index in [0.29, 0.717) is 0 Å². The lowest BCUT2D eigenvalue weighted by molar-refractivity contribution is 0.482. The first kappa shape index (κ1) is 16.4. The van der Waals surface area contributed by atoms with Crippen LogP contribution in [-0.2, 0) is 13.0 Å². The molecule has 0 saturated carbocycles. The molecule has 0 aliphatic rings. The summed E-state index contributed by atoms with van der Waals surface area (Å²) in [6, 6.07) is 26.5. The van der Waals surface area contributed by atoms with Crippen LogP contribution in [0.25, 0.3) is 10.9 Å². The molecule has 1 heterocycles. The van der Waals surface area contributed by atoms with E-state index in [1.807, 2.05) is 42.5 Å². The second-order valence-corrected chi connectivity index (χ2v) is 6.35. The first-order valence-corrected chi connectivity index (χ1v) is 8.96. The van der Waals surface area contributed by atoms with E-state index in [4.69, 9.17) is 4.74 Å². The zero-order valence-corrected chi connectivity index (χ0v) is 14.6. The minimum Gasteiger partial charge on any atom is -0.457 e. The molecule has 0 aliphatic heterocycles. The van der Waals surface area contributed by atoms with Crippen LogP contribution in [0.5, 0.6) is 11.5 Å². The summed E-state index contributed by atoms with van der Waals surface area (Å²) < 4.78 is 5.82. The van der Waals surface area contributed by atoms with Gasteiger partial charge in [0.25, 0.3) is 0 Å². The molecule has 3 heteroatoms. The lowest BCUT2D eigenvalue weighted by Gasteiger charge is -2.08. The summed E-state index contributed by atoms with van der Waals surface area (Å²) in [6.07, 6.45) is 3.13. The number of hydrogen-bond donors (Lipinski definition) is 2. The highest BCUT2D eigenvalue weighted by molar-refractivity contribution is 5.83. The van der Waals surface area contributed by atoms with E-state index in [1.54, 1.807) is 0 Å². The summed E-state index contributed by atoms with van der Waals surface area (Å²) >= 11 is 0. The summed E-state index contributed by atoms with van der Waals surface area (Å²) in [5.74, 6) is 1.72. The van der Waals surface area contributed by atoms with Crippen LogP contribution in [0.15, 0.2) is 85.1 Å². The van der Waals surface area contributed by atoms with Gasteiger partial charge in [-0.3, -0.25) is 0 Å². The molecule has 0 radical (unpaired) electrons. The summed E-state index contributed by atoms with van der Waals surface area (Å²) in [7, 11) is 0. The second kappa shape index (κ2) is 7.89. The Morgan fingerprint density at radius 1 is 0.769 bits per heavy atom. The molecule has 130 valence electrons. The topological polar surface area (TPSA) is 37.0 Å². The number of rotatable bonds is 7. The van der Waals surface area contributed by atoms with Crippen molar-refractivity contribution in [2.24, 2.45) is 0 Å². The Kier molecular flexibility index (Phi) is 4.99. The molecule has 0 bridgehead atoms. The zero-order chi connectivity index (χ0) is 17.6. The van der Waals surface area contributed by atoms with E-state index in [-0.39, 0.29) is 0 Å². The van der Waals surface area contributed by atoms with Gasteiger partial charge in [0.15, 0.2) is 0 Å². The third kappa shape index (κ3) is 3.95. The maximum Gasteiger partial charge on any atom is 0.127 e. The second-order valence-electron chi connectivity index (χ2n) is 6.35. The number of H-pyrrole nitrogens is 1. The zero-order valence-electron chi connectivity index (χ0n) is 14.6. The van der Waals surface area contributed by atoms with E-state index < -0.39 is 0 Å². The van der Waals surface area contributed by atoms with Gasteiger partial charge in [-0.25, -0.2) is 0 Å². The fourth-order valence-corrected chi connectivity index (χ4v) is 3.09. The number of hydrogen-bond acceptors (Lipinski definition) is 2. The average Bonchev–Trinajstić information content (AvgIpc) is 3.11. The molecule has 26 heavy (non-hydrogen) atoms. The molecular formula is C23H22N2O. The van der Waals surface area contributed by atoms with Gasteiger partial charge in [-0.2, -0.15) is 0 Å². The van der Waals surface area contributed by atoms with Gasteiger partial charge in [-0.1, -0.05) is 48.5 Å². The first-order valence-electron chi connectivity index (χ1n) is 8.96. The fraction of sp³-hybridized carbons (Fsp3) is 0.130. The Labute approximate surface area is 153 Å². The molecule has 0 spiro atoms. The molecule has 0 unspecified atom stereocenters. The predicted molar refractivity (Wildman–Crippen MR) is 107 cm³/mol. The fourth-order valence-electron chi connectivity index (χ4n) is 3.09. The van der Waals surface area contributed by atoms with Crippen molar-refractivity contribution in [3.63, 3.8) is 0 Å². The lowest BCUT2D eigenvalue weighted by Crippen LogP contribution is -2.16. The van der Waals surface area contributed by atoms with Gasteiger partial charge in [-0.05, 0) is 54.4 Å². The maximum absolute atomic E-state index is 5.82. The number of fused-ring (bicyclic) bond motifs is 1. The van der Waals surface area contributed by atoms with Gasteiger partial charge in [0.05, 0.1) is 0 Å². The first-order chi connectivity index (χ1) is 12.9. The van der Waals surface area contributed by atoms with Crippen LogP contribution in [0, 0.1) is 0 Å². The molecule has 0 amide bonds. The van der Waals surface area contributed by atoms with E-state index in [2.05, 4.69) is 52.9 Å². The Morgan fingerprint density at radius 2 is 1.50 bits per heavy atom. The molecule has 0 saturated heterocycles. The van der Waals surface area contributed by atoms with Crippen molar-refractivity contribution in [3.05, 3.63) is 96.2 Å². The number of nitrogens with one attached hydrogen (secondary N) is 2. The number of benzene rings is 3. The quantitative estimate of drug-likeness (QED) is 0.448. The molecule has 3 aromatic carbocycles. The van der Waals surface area contributed by atoms with Crippen molar-refractivity contribution in [2.45, 2.75) is 13.0 Å². The van der Waals surface area contributed by atoms with Crippen molar-refractivity contribution in [3.8, 4) is 11.5 Å². The normalized spacial score (nSPS) is 10.9. The van der Waals surface area contributed by atoms with Gasteiger partial charge in [0.2, 0.25) is 0 Å². The number of ether oxygens (including phenoxy) is 1. The highest BCUT2D eigenvalue weighted by atomic mass is 16.5. The van der Waals surface area contributed by atoms with Gasteiger partial charge in [-0.15, -0.1) is 0 Å². The molecule has 0 fully saturated rings. The third-order valence-corrected chi connectivity index (χ3v) is 4.48. The van der Waals surface area contributed by atoms with Crippen LogP contribution in [0.4, 0.5) is 0 Å². The summed E-state index contributed by atoms with van der Waals surface area (Å²) in [5.41, 5.74) is 3.82. The average molecular weight is 342 g/mol. The van der Waals surface area contributed by atoms with E-state index in [0.717, 1.165) is 31.0 Å². The predicted octanol–water partition coefficient (Wildman–Crippen LogP) is 5.29. The molecular weight excluding hydrogens is 320 g/mol. The highest BCUT2D eigenvalue weighted by Gasteiger charge is 2.02. The maximum atomic E-state index is 5.82. The SMILES string of the molecule is c1ccc(Oc2ccc(CNCCc3c[nH]c4ccccc34)cc2)cc1. The van der Waals surface area contributed by atoms with E-state index >= 15 is 0 Å². The number of para-hydroxylation sites is 2. The van der Waals surface area contributed by atoms with Gasteiger partial charge < -0.3 is 15.0 Å². The monoisotopic (exact) mass is 342 g/mol. The minimum absolute atomic E-state index is 0.855. The van der Waals surface area contributed by atoms with Crippen LogP contribution in [0.1, 0.15) is 11.1 Å². The van der Waals surface area contributed by atoms with Crippen LogP contribution in [-0.4, -0.2) is 11.5 Å². The van der Waals surface area contributed by atoms with Crippen LogP contribution in [0.2, 0.25) is 0 Å². The van der Waals surface area contributed by atoms with E-state index in [1.165, 1.54) is 22.0 Å². The summed E-state index contributed by atoms with van der Waals surface area (Å²) in [5, 5.41) is 4.84. The molecule has 1 aromatic heterocycles. The van der Waals surface area contributed by atoms with Crippen LogP contribution >= 0.6 is 0 Å². The molecule has 4 aromatic rings. The van der Waals surface area contributed by atoms with Gasteiger partial charge in [0.1, 0.15) is 11.5 Å². The smallest absolute Gasteiger partial charge is 0.127 e. The van der Waals surface area contributed by atoms with Crippen molar-refractivity contribution in [1.29, 1.82) is 0 Å². The van der Waals surface area contributed by atoms with Crippen molar-refractivity contribution < 1.29 is 4.74 Å². The van der Waals surface area contributed by atoms with Crippen molar-refractivity contribution in [1.82, 2.24) is 10.3 Å². The van der Waals surface area contributed by atoms with Crippen LogP contribution < -0.4 is 10.1 Å². The Balaban J connectivity index is 1.27. The Hall–Kier alpha value is -3.04. The molecule has 0 aliphatic carbocycles.